The number of nitrogens with zero attached hydrogens (tertiary/aromatic N) is 2. The lowest BCUT2D eigenvalue weighted by Crippen LogP contribution is -2.31. The average Bonchev–Trinajstić information content (AvgIpc) is 2.97. The quantitative estimate of drug-likeness (QED) is 0.760. The maximum atomic E-state index is 13.3. The van der Waals surface area contributed by atoms with E-state index in [0.29, 0.717) is 28.8 Å². The first-order valence-electron chi connectivity index (χ1n) is 7.88. The molecule has 0 spiro atoms. The zero-order chi connectivity index (χ0) is 18.4. The van der Waals surface area contributed by atoms with Gasteiger partial charge in [0.2, 0.25) is 5.91 Å². The Labute approximate surface area is 156 Å². The highest BCUT2D eigenvalue weighted by Gasteiger charge is 2.33. The van der Waals surface area contributed by atoms with Gasteiger partial charge in [-0.1, -0.05) is 28.1 Å². The molecule has 25 heavy (non-hydrogen) atoms. The van der Waals surface area contributed by atoms with E-state index in [1.54, 1.807) is 17.0 Å². The third kappa shape index (κ3) is 3.18. The van der Waals surface area contributed by atoms with Crippen LogP contribution in [0.4, 0.5) is 11.4 Å². The van der Waals surface area contributed by atoms with Gasteiger partial charge in [0, 0.05) is 25.0 Å². The van der Waals surface area contributed by atoms with Gasteiger partial charge in [-0.25, -0.2) is 8.42 Å². The van der Waals surface area contributed by atoms with E-state index in [1.807, 2.05) is 31.2 Å². The number of rotatable bonds is 3. The van der Waals surface area contributed by atoms with Crippen LogP contribution in [0, 0.1) is 6.92 Å². The van der Waals surface area contributed by atoms with E-state index in [1.165, 1.54) is 18.3 Å². The van der Waals surface area contributed by atoms with Crippen molar-refractivity contribution < 1.29 is 13.2 Å². The molecule has 0 aromatic heterocycles. The van der Waals surface area contributed by atoms with Crippen LogP contribution in [0.15, 0.2) is 45.8 Å². The van der Waals surface area contributed by atoms with E-state index >= 15 is 0 Å². The molecule has 0 fully saturated rings. The topological polar surface area (TPSA) is 57.7 Å². The molecule has 132 valence electrons. The summed E-state index contributed by atoms with van der Waals surface area (Å²) in [5, 5.41) is 0. The van der Waals surface area contributed by atoms with Crippen LogP contribution >= 0.6 is 15.9 Å². The van der Waals surface area contributed by atoms with Crippen molar-refractivity contribution in [1.29, 1.82) is 0 Å². The van der Waals surface area contributed by atoms with Gasteiger partial charge in [-0.3, -0.25) is 9.10 Å². The highest BCUT2D eigenvalue weighted by atomic mass is 79.9. The number of hydrogen-bond donors (Lipinski definition) is 0. The number of fused-ring (bicyclic) bond motifs is 1. The molecule has 0 atom stereocenters. The lowest BCUT2D eigenvalue weighted by Gasteiger charge is -2.24. The maximum absolute atomic E-state index is 13.3. The number of benzene rings is 2. The number of anilines is 2. The minimum Gasteiger partial charge on any atom is -0.311 e. The highest BCUT2D eigenvalue weighted by Crippen LogP contribution is 2.39. The summed E-state index contributed by atoms with van der Waals surface area (Å²) in [4.78, 5) is 13.7. The molecule has 0 unspecified atom stereocenters. The number of aryl methyl sites for hydroxylation is 1. The lowest BCUT2D eigenvalue weighted by molar-refractivity contribution is -0.116. The number of sulfonamides is 1. The summed E-state index contributed by atoms with van der Waals surface area (Å²) < 4.78 is 28.5. The fourth-order valence-electron chi connectivity index (χ4n) is 3.09. The van der Waals surface area contributed by atoms with Crippen molar-refractivity contribution >= 4 is 43.2 Å². The summed E-state index contributed by atoms with van der Waals surface area (Å²) in [5.41, 5.74) is 2.92. The van der Waals surface area contributed by atoms with Crippen LogP contribution in [-0.4, -0.2) is 27.9 Å². The van der Waals surface area contributed by atoms with Gasteiger partial charge >= 0.3 is 0 Å². The Balaban J connectivity index is 2.17. The Morgan fingerprint density at radius 1 is 1.24 bits per heavy atom. The van der Waals surface area contributed by atoms with Gasteiger partial charge in [0.1, 0.15) is 4.90 Å². The minimum atomic E-state index is -3.81. The van der Waals surface area contributed by atoms with E-state index in [-0.39, 0.29) is 10.8 Å². The molecule has 1 heterocycles. The molecule has 3 rings (SSSR count). The van der Waals surface area contributed by atoms with Gasteiger partial charge in [-0.15, -0.1) is 0 Å². The summed E-state index contributed by atoms with van der Waals surface area (Å²) in [7, 11) is -2.28. The minimum absolute atomic E-state index is 0.147. The number of halogens is 1. The molecule has 7 heteroatoms. The van der Waals surface area contributed by atoms with Gasteiger partial charge in [0.05, 0.1) is 11.4 Å². The first-order chi connectivity index (χ1) is 11.7. The second kappa shape index (κ2) is 6.46. The molecule has 5 nitrogen and oxygen atoms in total. The molecule has 2 aromatic rings. The maximum Gasteiger partial charge on any atom is 0.266 e. The van der Waals surface area contributed by atoms with E-state index in [0.717, 1.165) is 11.1 Å². The third-order valence-electron chi connectivity index (χ3n) is 4.38. The number of hydrogen-bond acceptors (Lipinski definition) is 3. The largest absolute Gasteiger partial charge is 0.311 e. The first-order valence-corrected chi connectivity index (χ1v) is 10.1. The summed E-state index contributed by atoms with van der Waals surface area (Å²) >= 11 is 3.40. The van der Waals surface area contributed by atoms with Crippen molar-refractivity contribution in [3.63, 3.8) is 0 Å². The summed E-state index contributed by atoms with van der Waals surface area (Å²) in [6, 6.07) is 10.8. The van der Waals surface area contributed by atoms with Crippen molar-refractivity contribution in [3.05, 3.63) is 52.0 Å². The Kier molecular flexibility index (Phi) is 4.64. The molecule has 1 aliphatic rings. The molecule has 1 aliphatic heterocycles. The molecule has 0 radical (unpaired) electrons. The van der Waals surface area contributed by atoms with Gasteiger partial charge in [-0.2, -0.15) is 0 Å². The predicted octanol–water partition coefficient (Wildman–Crippen LogP) is 3.49. The van der Waals surface area contributed by atoms with Crippen molar-refractivity contribution in [2.45, 2.75) is 25.2 Å². The molecular weight excluding hydrogens is 404 g/mol. The fourth-order valence-corrected chi connectivity index (χ4v) is 5.20. The standard InChI is InChI=1S/C18H19BrN2O3S/c1-12-5-4-6-16(9-12)20(3)25(23,24)17-11-15(19)10-14-7-8-21(13(2)22)18(14)17/h4-6,9-11H,7-8H2,1-3H3. The van der Waals surface area contributed by atoms with Gasteiger partial charge in [-0.05, 0) is 48.7 Å². The summed E-state index contributed by atoms with van der Waals surface area (Å²) in [5.74, 6) is -0.157. The van der Waals surface area contributed by atoms with E-state index in [9.17, 15) is 13.2 Å². The van der Waals surface area contributed by atoms with Crippen molar-refractivity contribution in [3.8, 4) is 0 Å². The number of carbonyl (C=O) groups excluding carboxylic acids is 1. The average molecular weight is 423 g/mol. The normalized spacial score (nSPS) is 13.7. The van der Waals surface area contributed by atoms with Gasteiger partial charge in [0.25, 0.3) is 10.0 Å². The van der Waals surface area contributed by atoms with Crippen LogP contribution in [-0.2, 0) is 21.2 Å². The van der Waals surface area contributed by atoms with Crippen LogP contribution in [0.1, 0.15) is 18.1 Å². The molecule has 0 N–H and O–H groups in total. The second-order valence-electron chi connectivity index (χ2n) is 6.14. The van der Waals surface area contributed by atoms with E-state index in [4.69, 9.17) is 0 Å². The fraction of sp³-hybridized carbons (Fsp3) is 0.278. The van der Waals surface area contributed by atoms with Crippen LogP contribution in [0.2, 0.25) is 0 Å². The Morgan fingerprint density at radius 2 is 1.96 bits per heavy atom. The summed E-state index contributed by atoms with van der Waals surface area (Å²) in [6.07, 6.45) is 0.644. The Bertz CT molecular complexity index is 957. The predicted molar refractivity (Wildman–Crippen MR) is 103 cm³/mol. The van der Waals surface area contributed by atoms with Crippen LogP contribution in [0.25, 0.3) is 0 Å². The first kappa shape index (κ1) is 17.9. The monoisotopic (exact) mass is 422 g/mol. The van der Waals surface area contributed by atoms with Crippen molar-refractivity contribution in [1.82, 2.24) is 0 Å². The molecule has 1 amide bonds. The third-order valence-corrected chi connectivity index (χ3v) is 6.63. The number of carbonyl (C=O) groups is 1. The van der Waals surface area contributed by atoms with E-state index < -0.39 is 10.0 Å². The van der Waals surface area contributed by atoms with Crippen molar-refractivity contribution in [2.24, 2.45) is 0 Å². The van der Waals surface area contributed by atoms with Gasteiger partial charge < -0.3 is 4.90 Å². The molecule has 0 saturated carbocycles. The summed E-state index contributed by atoms with van der Waals surface area (Å²) in [6.45, 7) is 3.87. The molecule has 0 saturated heterocycles. The second-order valence-corrected chi connectivity index (χ2v) is 9.00. The molecule has 0 bridgehead atoms. The molecular formula is C18H19BrN2O3S. The molecule has 0 aliphatic carbocycles. The van der Waals surface area contributed by atoms with Crippen LogP contribution in [0.5, 0.6) is 0 Å². The zero-order valence-corrected chi connectivity index (χ0v) is 16.7. The van der Waals surface area contributed by atoms with Crippen LogP contribution in [0.3, 0.4) is 0 Å². The number of amides is 1. The SMILES string of the molecule is CC(=O)N1CCc2cc(Br)cc(S(=O)(=O)N(C)c3cccc(C)c3)c21. The van der Waals surface area contributed by atoms with Crippen molar-refractivity contribution in [2.75, 3.05) is 22.8 Å². The lowest BCUT2D eigenvalue weighted by atomic mass is 10.2. The molecule has 2 aromatic carbocycles. The highest BCUT2D eigenvalue weighted by molar-refractivity contribution is 9.10. The smallest absolute Gasteiger partial charge is 0.266 e. The Hall–Kier alpha value is -1.86. The van der Waals surface area contributed by atoms with Gasteiger partial charge in [0.15, 0.2) is 0 Å². The van der Waals surface area contributed by atoms with E-state index in [2.05, 4.69) is 15.9 Å². The zero-order valence-electron chi connectivity index (χ0n) is 14.3. The van der Waals surface area contributed by atoms with Crippen LogP contribution < -0.4 is 9.21 Å². The Morgan fingerprint density at radius 3 is 2.60 bits per heavy atom.